The van der Waals surface area contributed by atoms with Crippen molar-refractivity contribution in [2.45, 2.75) is 17.9 Å². The van der Waals surface area contributed by atoms with Gasteiger partial charge in [-0.3, -0.25) is 0 Å². The molecule has 136 valence electrons. The maximum atomic E-state index is 12.8. The van der Waals surface area contributed by atoms with Crippen molar-refractivity contribution in [3.8, 4) is 11.5 Å². The van der Waals surface area contributed by atoms with Crippen LogP contribution in [0.1, 0.15) is 18.5 Å². The molecule has 0 aromatic heterocycles. The van der Waals surface area contributed by atoms with E-state index >= 15 is 0 Å². The standard InChI is InChI=1S/C20H21NO4S/c1-14(17-10-6-8-15-7-4-5-9-18(15)17)21-26(22,23)16-11-12-19(24-2)20(13-16)25-3/h4-14,21H,1-3H3/t14-/m0/s1. The van der Waals surface area contributed by atoms with Crippen LogP contribution in [-0.2, 0) is 10.0 Å². The molecule has 0 saturated carbocycles. The highest BCUT2D eigenvalue weighted by atomic mass is 32.2. The maximum Gasteiger partial charge on any atom is 0.241 e. The minimum absolute atomic E-state index is 0.127. The topological polar surface area (TPSA) is 64.6 Å². The molecule has 3 rings (SSSR count). The molecular formula is C20H21NO4S. The van der Waals surface area contributed by atoms with E-state index in [1.165, 1.54) is 26.4 Å². The summed E-state index contributed by atoms with van der Waals surface area (Å²) in [5.41, 5.74) is 0.923. The monoisotopic (exact) mass is 371 g/mol. The third-order valence-electron chi connectivity index (χ3n) is 4.29. The lowest BCUT2D eigenvalue weighted by Crippen LogP contribution is -2.27. The molecule has 0 amide bonds. The van der Waals surface area contributed by atoms with Gasteiger partial charge >= 0.3 is 0 Å². The summed E-state index contributed by atoms with van der Waals surface area (Å²) in [5, 5.41) is 2.10. The molecule has 5 nitrogen and oxygen atoms in total. The fourth-order valence-corrected chi connectivity index (χ4v) is 4.21. The summed E-state index contributed by atoms with van der Waals surface area (Å²) < 4.78 is 38.7. The zero-order chi connectivity index (χ0) is 18.7. The Morgan fingerprint density at radius 3 is 2.31 bits per heavy atom. The van der Waals surface area contributed by atoms with E-state index in [1.54, 1.807) is 6.07 Å². The highest BCUT2D eigenvalue weighted by Gasteiger charge is 2.21. The van der Waals surface area contributed by atoms with E-state index in [2.05, 4.69) is 4.72 Å². The quantitative estimate of drug-likeness (QED) is 0.714. The van der Waals surface area contributed by atoms with Gasteiger partial charge in [-0.15, -0.1) is 0 Å². The lowest BCUT2D eigenvalue weighted by Gasteiger charge is -2.17. The first kappa shape index (κ1) is 18.2. The summed E-state index contributed by atoms with van der Waals surface area (Å²) in [6.45, 7) is 1.83. The SMILES string of the molecule is COc1ccc(S(=O)(=O)N[C@@H](C)c2cccc3ccccc23)cc1OC. The Morgan fingerprint density at radius 2 is 1.58 bits per heavy atom. The van der Waals surface area contributed by atoms with E-state index in [0.717, 1.165) is 16.3 Å². The van der Waals surface area contributed by atoms with Crippen molar-refractivity contribution in [2.75, 3.05) is 14.2 Å². The molecule has 3 aromatic carbocycles. The zero-order valence-corrected chi connectivity index (χ0v) is 15.7. The first-order valence-corrected chi connectivity index (χ1v) is 9.66. The molecule has 0 saturated heterocycles. The maximum absolute atomic E-state index is 12.8. The lowest BCUT2D eigenvalue weighted by molar-refractivity contribution is 0.354. The molecule has 0 aliphatic heterocycles. The van der Waals surface area contributed by atoms with E-state index < -0.39 is 10.0 Å². The van der Waals surface area contributed by atoms with Crippen molar-refractivity contribution in [1.29, 1.82) is 0 Å². The van der Waals surface area contributed by atoms with Gasteiger partial charge in [0.25, 0.3) is 0 Å². The van der Waals surface area contributed by atoms with Crippen LogP contribution in [0.3, 0.4) is 0 Å². The number of sulfonamides is 1. The van der Waals surface area contributed by atoms with Gasteiger partial charge in [0.1, 0.15) is 0 Å². The van der Waals surface area contributed by atoms with Crippen molar-refractivity contribution in [3.63, 3.8) is 0 Å². The lowest BCUT2D eigenvalue weighted by atomic mass is 10.0. The summed E-state index contributed by atoms with van der Waals surface area (Å²) in [5.74, 6) is 0.849. The molecule has 0 unspecified atom stereocenters. The van der Waals surface area contributed by atoms with Gasteiger partial charge in [0.05, 0.1) is 19.1 Å². The first-order chi connectivity index (χ1) is 12.5. The van der Waals surface area contributed by atoms with Crippen LogP contribution in [0.2, 0.25) is 0 Å². The summed E-state index contributed by atoms with van der Waals surface area (Å²) in [7, 11) is -0.740. The summed E-state index contributed by atoms with van der Waals surface area (Å²) >= 11 is 0. The molecule has 1 atom stereocenters. The molecule has 3 aromatic rings. The van der Waals surface area contributed by atoms with Crippen LogP contribution in [0.5, 0.6) is 11.5 Å². The highest BCUT2D eigenvalue weighted by Crippen LogP contribution is 2.30. The Morgan fingerprint density at radius 1 is 0.885 bits per heavy atom. The van der Waals surface area contributed by atoms with Crippen LogP contribution < -0.4 is 14.2 Å². The first-order valence-electron chi connectivity index (χ1n) is 8.18. The molecule has 1 N–H and O–H groups in total. The van der Waals surface area contributed by atoms with Crippen LogP contribution >= 0.6 is 0 Å². The predicted molar refractivity (Wildman–Crippen MR) is 102 cm³/mol. The number of hydrogen-bond acceptors (Lipinski definition) is 4. The number of ether oxygens (including phenoxy) is 2. The van der Waals surface area contributed by atoms with Gasteiger partial charge < -0.3 is 9.47 Å². The predicted octanol–water partition coefficient (Wildman–Crippen LogP) is 3.90. The molecule has 26 heavy (non-hydrogen) atoms. The number of benzene rings is 3. The fraction of sp³-hybridized carbons (Fsp3) is 0.200. The van der Waals surface area contributed by atoms with Crippen LogP contribution in [0, 0.1) is 0 Å². The summed E-state index contributed by atoms with van der Waals surface area (Å²) in [6.07, 6.45) is 0. The normalized spacial score (nSPS) is 12.7. The molecule has 0 spiro atoms. The van der Waals surface area contributed by atoms with Crippen molar-refractivity contribution >= 4 is 20.8 Å². The van der Waals surface area contributed by atoms with E-state index in [1.807, 2.05) is 49.4 Å². The van der Waals surface area contributed by atoms with Gasteiger partial charge in [0.2, 0.25) is 10.0 Å². The molecule has 0 fully saturated rings. The third kappa shape index (κ3) is 3.52. The Kier molecular flexibility index (Phi) is 5.15. The van der Waals surface area contributed by atoms with Crippen LogP contribution in [0.25, 0.3) is 10.8 Å². The van der Waals surface area contributed by atoms with E-state index in [4.69, 9.17) is 9.47 Å². The van der Waals surface area contributed by atoms with Gasteiger partial charge in [-0.05, 0) is 35.4 Å². The zero-order valence-electron chi connectivity index (χ0n) is 14.9. The third-order valence-corrected chi connectivity index (χ3v) is 5.83. The van der Waals surface area contributed by atoms with E-state index in [-0.39, 0.29) is 10.9 Å². The average Bonchev–Trinajstić information content (AvgIpc) is 2.66. The Bertz CT molecular complexity index is 1030. The number of hydrogen-bond donors (Lipinski definition) is 1. The van der Waals surface area contributed by atoms with Crippen molar-refractivity contribution in [3.05, 3.63) is 66.2 Å². The van der Waals surface area contributed by atoms with Crippen molar-refractivity contribution in [2.24, 2.45) is 0 Å². The minimum Gasteiger partial charge on any atom is -0.493 e. The van der Waals surface area contributed by atoms with Crippen molar-refractivity contribution in [1.82, 2.24) is 4.72 Å². The smallest absolute Gasteiger partial charge is 0.241 e. The van der Waals surface area contributed by atoms with Gasteiger partial charge in [0, 0.05) is 12.1 Å². The summed E-state index contributed by atoms with van der Waals surface area (Å²) in [6, 6.07) is 17.9. The van der Waals surface area contributed by atoms with Gasteiger partial charge in [0.15, 0.2) is 11.5 Å². The molecular weight excluding hydrogens is 350 g/mol. The second kappa shape index (κ2) is 7.35. The van der Waals surface area contributed by atoms with Crippen molar-refractivity contribution < 1.29 is 17.9 Å². The van der Waals surface area contributed by atoms with Gasteiger partial charge in [-0.1, -0.05) is 42.5 Å². The van der Waals surface area contributed by atoms with E-state index in [9.17, 15) is 8.42 Å². The van der Waals surface area contributed by atoms with Gasteiger partial charge in [-0.25, -0.2) is 13.1 Å². The fourth-order valence-electron chi connectivity index (χ4n) is 2.98. The van der Waals surface area contributed by atoms with Crippen LogP contribution in [0.15, 0.2) is 65.6 Å². The van der Waals surface area contributed by atoms with Crippen LogP contribution in [-0.4, -0.2) is 22.6 Å². The molecule has 0 heterocycles. The number of methoxy groups -OCH3 is 2. The number of rotatable bonds is 6. The Balaban J connectivity index is 1.94. The highest BCUT2D eigenvalue weighted by molar-refractivity contribution is 7.89. The largest absolute Gasteiger partial charge is 0.493 e. The summed E-state index contributed by atoms with van der Waals surface area (Å²) in [4.78, 5) is 0.127. The molecule has 0 bridgehead atoms. The number of nitrogens with one attached hydrogen (secondary N) is 1. The van der Waals surface area contributed by atoms with E-state index in [0.29, 0.717) is 11.5 Å². The molecule has 0 aliphatic rings. The van der Waals surface area contributed by atoms with Gasteiger partial charge in [-0.2, -0.15) is 0 Å². The second-order valence-electron chi connectivity index (χ2n) is 5.93. The molecule has 6 heteroatoms. The second-order valence-corrected chi connectivity index (χ2v) is 7.64. The Hall–Kier alpha value is -2.57. The molecule has 0 aliphatic carbocycles. The van der Waals surface area contributed by atoms with Crippen LogP contribution in [0.4, 0.5) is 0 Å². The average molecular weight is 371 g/mol. The number of fused-ring (bicyclic) bond motifs is 1. The minimum atomic E-state index is -3.72. The Labute approximate surface area is 153 Å². The molecule has 0 radical (unpaired) electrons.